The van der Waals surface area contributed by atoms with Crippen molar-refractivity contribution >= 4 is 34.4 Å². The van der Waals surface area contributed by atoms with Gasteiger partial charge in [0.2, 0.25) is 0 Å². The number of nitrogens with two attached hydrogens (primary N) is 1. The number of aromatic amines is 1. The van der Waals surface area contributed by atoms with Gasteiger partial charge in [0.15, 0.2) is 0 Å². The Balaban J connectivity index is 1.58. The van der Waals surface area contributed by atoms with E-state index in [9.17, 15) is 0 Å². The smallest absolute Gasteiger partial charge is 0.143 e. The van der Waals surface area contributed by atoms with Crippen LogP contribution in [-0.2, 0) is 12.8 Å². The van der Waals surface area contributed by atoms with Crippen LogP contribution in [0.25, 0.3) is 11.0 Å². The maximum absolute atomic E-state index is 7.45. The summed E-state index contributed by atoms with van der Waals surface area (Å²) in [6.45, 7) is 0. The quantitative estimate of drug-likeness (QED) is 0.309. The fourth-order valence-corrected chi connectivity index (χ4v) is 3.07. The van der Waals surface area contributed by atoms with Gasteiger partial charge in [-0.1, -0.05) is 30.3 Å². The van der Waals surface area contributed by atoms with E-state index in [-0.39, 0.29) is 0 Å². The monoisotopic (exact) mass is 356 g/mol. The van der Waals surface area contributed by atoms with Crippen molar-refractivity contribution in [1.29, 1.82) is 5.41 Å². The molecule has 6 nitrogen and oxygen atoms in total. The number of hydrogen-bond acceptors (Lipinski definition) is 5. The van der Waals surface area contributed by atoms with Crippen molar-refractivity contribution in [2.75, 3.05) is 11.1 Å². The van der Waals surface area contributed by atoms with Crippen molar-refractivity contribution in [3.63, 3.8) is 0 Å². The summed E-state index contributed by atoms with van der Waals surface area (Å²) >= 11 is 0. The molecule has 0 aliphatic rings. The molecule has 2 heterocycles. The number of nitrogens with one attached hydrogen (secondary N) is 3. The van der Waals surface area contributed by atoms with Crippen LogP contribution in [0.3, 0.4) is 0 Å². The van der Waals surface area contributed by atoms with Gasteiger partial charge < -0.3 is 21.4 Å². The number of aromatic nitrogens is 3. The minimum absolute atomic E-state index is 0.577. The minimum atomic E-state index is 0.577. The molecule has 0 bridgehead atoms. The van der Waals surface area contributed by atoms with Gasteiger partial charge in [-0.05, 0) is 42.7 Å². The molecular formula is C21H20N6. The number of H-pyrrole nitrogens is 1. The van der Waals surface area contributed by atoms with E-state index in [4.69, 9.17) is 11.1 Å². The van der Waals surface area contributed by atoms with E-state index in [0.717, 1.165) is 41.1 Å². The van der Waals surface area contributed by atoms with Crippen molar-refractivity contribution in [2.24, 2.45) is 0 Å². The summed E-state index contributed by atoms with van der Waals surface area (Å²) in [4.78, 5) is 12.1. The molecule has 0 aliphatic carbocycles. The van der Waals surface area contributed by atoms with E-state index in [1.807, 2.05) is 18.2 Å². The largest absolute Gasteiger partial charge is 0.398 e. The SMILES string of the molecule is N=Cc1cc(Nc2ncnc3[nH]c(CCc4ccccc4)cc23)ccc1N. The van der Waals surface area contributed by atoms with Gasteiger partial charge in [-0.2, -0.15) is 0 Å². The highest BCUT2D eigenvalue weighted by Gasteiger charge is 2.09. The van der Waals surface area contributed by atoms with Crippen molar-refractivity contribution in [3.8, 4) is 0 Å². The van der Waals surface area contributed by atoms with E-state index < -0.39 is 0 Å². The highest BCUT2D eigenvalue weighted by atomic mass is 15.0. The summed E-state index contributed by atoms with van der Waals surface area (Å²) in [5, 5.41) is 11.7. The van der Waals surface area contributed by atoms with Crippen molar-refractivity contribution in [1.82, 2.24) is 15.0 Å². The van der Waals surface area contributed by atoms with Crippen LogP contribution in [0, 0.1) is 5.41 Å². The van der Waals surface area contributed by atoms with Gasteiger partial charge >= 0.3 is 0 Å². The Morgan fingerprint density at radius 1 is 1.04 bits per heavy atom. The van der Waals surface area contributed by atoms with Gasteiger partial charge in [0.1, 0.15) is 17.8 Å². The molecule has 2 aromatic heterocycles. The Bertz CT molecular complexity index is 1080. The third-order valence-electron chi connectivity index (χ3n) is 4.51. The molecule has 4 rings (SSSR count). The van der Waals surface area contributed by atoms with Crippen LogP contribution in [-0.4, -0.2) is 21.2 Å². The molecule has 4 aromatic rings. The summed E-state index contributed by atoms with van der Waals surface area (Å²) in [5.41, 5.74) is 11.2. The Hall–Kier alpha value is -3.67. The molecule has 2 aromatic carbocycles. The van der Waals surface area contributed by atoms with Gasteiger partial charge in [-0.3, -0.25) is 0 Å². The van der Waals surface area contributed by atoms with E-state index in [2.05, 4.69) is 50.6 Å². The van der Waals surface area contributed by atoms with Crippen LogP contribution in [0.15, 0.2) is 60.9 Å². The maximum Gasteiger partial charge on any atom is 0.143 e. The van der Waals surface area contributed by atoms with Crippen LogP contribution in [0.2, 0.25) is 0 Å². The predicted molar refractivity (Wildman–Crippen MR) is 110 cm³/mol. The molecule has 27 heavy (non-hydrogen) atoms. The first-order chi connectivity index (χ1) is 13.2. The van der Waals surface area contributed by atoms with Crippen molar-refractivity contribution < 1.29 is 0 Å². The second-order valence-electron chi connectivity index (χ2n) is 6.38. The van der Waals surface area contributed by atoms with Gasteiger partial charge in [0.05, 0.1) is 5.39 Å². The van der Waals surface area contributed by atoms with Crippen LogP contribution in [0.1, 0.15) is 16.8 Å². The molecule has 0 saturated carbocycles. The molecule has 0 saturated heterocycles. The van der Waals surface area contributed by atoms with E-state index in [0.29, 0.717) is 11.3 Å². The zero-order valence-electron chi connectivity index (χ0n) is 14.7. The minimum Gasteiger partial charge on any atom is -0.398 e. The van der Waals surface area contributed by atoms with Crippen molar-refractivity contribution in [2.45, 2.75) is 12.8 Å². The topological polar surface area (TPSA) is 103 Å². The lowest BCUT2D eigenvalue weighted by Crippen LogP contribution is -1.98. The number of benzene rings is 2. The number of nitrogen functional groups attached to an aromatic ring is 1. The summed E-state index contributed by atoms with van der Waals surface area (Å²) < 4.78 is 0. The number of anilines is 3. The first kappa shape index (κ1) is 16.8. The lowest BCUT2D eigenvalue weighted by molar-refractivity contribution is 0.928. The Kier molecular flexibility index (Phi) is 4.53. The number of fused-ring (bicyclic) bond motifs is 1. The summed E-state index contributed by atoms with van der Waals surface area (Å²) in [7, 11) is 0. The standard InChI is InChI=1S/C21H20N6/c22-12-15-10-16(8-9-19(15)23)26-20-18-11-17(27-21(18)25-13-24-20)7-6-14-4-2-1-3-5-14/h1-5,8-13,22H,6-7,23H2,(H2,24,25,26,27). The average Bonchev–Trinajstić information content (AvgIpc) is 3.13. The third kappa shape index (κ3) is 3.64. The molecule has 0 unspecified atom stereocenters. The maximum atomic E-state index is 7.45. The number of nitrogens with zero attached hydrogens (tertiary/aromatic N) is 2. The zero-order valence-corrected chi connectivity index (χ0v) is 14.7. The molecule has 0 fully saturated rings. The Labute approximate surface area is 157 Å². The van der Waals surface area contributed by atoms with E-state index in [1.54, 1.807) is 6.07 Å². The molecule has 134 valence electrons. The Morgan fingerprint density at radius 2 is 1.89 bits per heavy atom. The molecule has 5 N–H and O–H groups in total. The fraction of sp³-hybridized carbons (Fsp3) is 0.0952. The molecular weight excluding hydrogens is 336 g/mol. The molecule has 0 atom stereocenters. The average molecular weight is 356 g/mol. The fourth-order valence-electron chi connectivity index (χ4n) is 3.07. The second kappa shape index (κ2) is 7.29. The van der Waals surface area contributed by atoms with Crippen LogP contribution in [0.4, 0.5) is 17.2 Å². The highest BCUT2D eigenvalue weighted by molar-refractivity contribution is 5.91. The number of rotatable bonds is 6. The van der Waals surface area contributed by atoms with E-state index in [1.165, 1.54) is 18.1 Å². The second-order valence-corrected chi connectivity index (χ2v) is 6.38. The summed E-state index contributed by atoms with van der Waals surface area (Å²) in [5.74, 6) is 0.725. The highest BCUT2D eigenvalue weighted by Crippen LogP contribution is 2.25. The summed E-state index contributed by atoms with van der Waals surface area (Å²) in [6.07, 6.45) is 4.65. The van der Waals surface area contributed by atoms with Crippen LogP contribution >= 0.6 is 0 Å². The first-order valence-electron chi connectivity index (χ1n) is 8.76. The number of aryl methyl sites for hydroxylation is 2. The third-order valence-corrected chi connectivity index (χ3v) is 4.51. The zero-order chi connectivity index (χ0) is 18.6. The normalized spacial score (nSPS) is 10.8. The van der Waals surface area contributed by atoms with Gasteiger partial charge in [0.25, 0.3) is 0 Å². The lowest BCUT2D eigenvalue weighted by Gasteiger charge is -2.08. The van der Waals surface area contributed by atoms with Gasteiger partial charge in [-0.25, -0.2) is 9.97 Å². The first-order valence-corrected chi connectivity index (χ1v) is 8.76. The number of hydrogen-bond donors (Lipinski definition) is 4. The molecule has 0 spiro atoms. The van der Waals surface area contributed by atoms with Gasteiger partial charge in [-0.15, -0.1) is 0 Å². The predicted octanol–water partition coefficient (Wildman–Crippen LogP) is 4.07. The molecule has 0 radical (unpaired) electrons. The van der Waals surface area contributed by atoms with Crippen LogP contribution < -0.4 is 11.1 Å². The molecule has 0 amide bonds. The van der Waals surface area contributed by atoms with Crippen molar-refractivity contribution in [3.05, 3.63) is 77.7 Å². The van der Waals surface area contributed by atoms with Gasteiger partial charge in [0, 0.05) is 28.8 Å². The molecule has 0 aliphatic heterocycles. The lowest BCUT2D eigenvalue weighted by atomic mass is 10.1. The van der Waals surface area contributed by atoms with Crippen LogP contribution in [0.5, 0.6) is 0 Å². The summed E-state index contributed by atoms with van der Waals surface area (Å²) in [6, 6.07) is 18.0. The molecule has 6 heteroatoms. The van der Waals surface area contributed by atoms with E-state index >= 15 is 0 Å². The Morgan fingerprint density at radius 3 is 2.70 bits per heavy atom.